The van der Waals surface area contributed by atoms with Gasteiger partial charge in [-0.15, -0.1) is 0 Å². The number of halogens is 1. The summed E-state index contributed by atoms with van der Waals surface area (Å²) in [5.74, 6) is -0.500. The van der Waals surface area contributed by atoms with Gasteiger partial charge in [-0.1, -0.05) is 0 Å². The number of aromatic nitrogens is 2. The van der Waals surface area contributed by atoms with Gasteiger partial charge in [0.05, 0.1) is 6.54 Å². The second-order valence-corrected chi connectivity index (χ2v) is 7.64. The van der Waals surface area contributed by atoms with Gasteiger partial charge in [0.15, 0.2) is 0 Å². The van der Waals surface area contributed by atoms with Crippen molar-refractivity contribution in [1.29, 1.82) is 0 Å². The largest absolute Gasteiger partial charge is 0.480 e. The maximum atomic E-state index is 12.3. The first kappa shape index (κ1) is 18.7. The van der Waals surface area contributed by atoms with E-state index < -0.39 is 29.9 Å². The van der Waals surface area contributed by atoms with Crippen molar-refractivity contribution in [3.63, 3.8) is 0 Å². The van der Waals surface area contributed by atoms with Crippen molar-refractivity contribution in [2.45, 2.75) is 38.4 Å². The summed E-state index contributed by atoms with van der Waals surface area (Å²) >= 11 is 3.31. The highest BCUT2D eigenvalue weighted by molar-refractivity contribution is 9.10. The zero-order chi connectivity index (χ0) is 18.1. The number of imidazole rings is 1. The van der Waals surface area contributed by atoms with Crippen molar-refractivity contribution < 1.29 is 24.2 Å². The Labute approximate surface area is 148 Å². The Balaban J connectivity index is 2.24. The van der Waals surface area contributed by atoms with Crippen LogP contribution in [0.2, 0.25) is 0 Å². The predicted octanol–water partition coefficient (Wildman–Crippen LogP) is 2.12. The zero-order valence-corrected chi connectivity index (χ0v) is 15.8. The third-order valence-electron chi connectivity index (χ3n) is 3.61. The van der Waals surface area contributed by atoms with Crippen LogP contribution in [0.4, 0.5) is 4.79 Å². The smallest absolute Gasteiger partial charge is 0.410 e. The third-order valence-corrected chi connectivity index (χ3v) is 3.99. The maximum Gasteiger partial charge on any atom is 0.410 e. The lowest BCUT2D eigenvalue weighted by Crippen LogP contribution is -2.41. The highest BCUT2D eigenvalue weighted by atomic mass is 79.9. The summed E-state index contributed by atoms with van der Waals surface area (Å²) in [6.45, 7) is 5.51. The topological polar surface area (TPSA) is 93.9 Å². The number of carboxylic acid groups (broad SMARTS) is 1. The van der Waals surface area contributed by atoms with E-state index in [2.05, 4.69) is 20.9 Å². The first-order valence-electron chi connectivity index (χ1n) is 7.55. The molecule has 0 aliphatic carbocycles. The van der Waals surface area contributed by atoms with Gasteiger partial charge in [0.2, 0.25) is 0 Å². The minimum atomic E-state index is -1.07. The van der Waals surface area contributed by atoms with Gasteiger partial charge in [-0.25, -0.2) is 14.6 Å². The molecule has 1 N–H and O–H groups in total. The number of rotatable bonds is 4. The van der Waals surface area contributed by atoms with Crippen LogP contribution < -0.4 is 0 Å². The third kappa shape index (κ3) is 4.27. The SMILES string of the molecule is Cn1cc(Br)nc1C1(OCC(=O)O)CCN(C(=O)OC(C)(C)C)C1. The van der Waals surface area contributed by atoms with Gasteiger partial charge in [-0.2, -0.15) is 0 Å². The molecular weight excluding hydrogens is 382 g/mol. The number of ether oxygens (including phenoxy) is 2. The van der Waals surface area contributed by atoms with Crippen molar-refractivity contribution in [1.82, 2.24) is 14.5 Å². The molecule has 1 aliphatic rings. The van der Waals surface area contributed by atoms with Crippen LogP contribution >= 0.6 is 15.9 Å². The molecule has 0 spiro atoms. The van der Waals surface area contributed by atoms with Crippen LogP contribution in [0.15, 0.2) is 10.8 Å². The molecule has 0 bridgehead atoms. The standard InChI is InChI=1S/C15H22BrN3O5/c1-14(2,3)24-13(22)19-6-5-15(9-19,23-8-11(20)21)12-17-10(16)7-18(12)4/h7H,5-6,8-9H2,1-4H3,(H,20,21). The van der Waals surface area contributed by atoms with Crippen LogP contribution in [0.5, 0.6) is 0 Å². The van der Waals surface area contributed by atoms with Crippen molar-refractivity contribution in [2.75, 3.05) is 19.7 Å². The average molecular weight is 404 g/mol. The quantitative estimate of drug-likeness (QED) is 0.827. The number of aliphatic carboxylic acids is 1. The summed E-state index contributed by atoms with van der Waals surface area (Å²) in [6.07, 6.45) is 1.75. The summed E-state index contributed by atoms with van der Waals surface area (Å²) < 4.78 is 13.5. The molecule has 0 saturated carbocycles. The lowest BCUT2D eigenvalue weighted by atomic mass is 10.0. The van der Waals surface area contributed by atoms with E-state index in [1.165, 1.54) is 4.90 Å². The summed E-state index contributed by atoms with van der Waals surface area (Å²) in [5, 5.41) is 8.97. The molecule has 2 heterocycles. The summed E-state index contributed by atoms with van der Waals surface area (Å²) in [5.41, 5.74) is -1.58. The lowest BCUT2D eigenvalue weighted by molar-refractivity contribution is -0.150. The molecule has 8 nitrogen and oxygen atoms in total. The molecule has 24 heavy (non-hydrogen) atoms. The number of hydrogen-bond donors (Lipinski definition) is 1. The molecular formula is C15H22BrN3O5. The molecule has 1 aromatic rings. The van der Waals surface area contributed by atoms with E-state index in [1.54, 1.807) is 38.6 Å². The van der Waals surface area contributed by atoms with Gasteiger partial charge in [0, 0.05) is 26.2 Å². The monoisotopic (exact) mass is 403 g/mol. The molecule has 1 atom stereocenters. The van der Waals surface area contributed by atoms with Crippen molar-refractivity contribution >= 4 is 28.0 Å². The van der Waals surface area contributed by atoms with E-state index in [0.29, 0.717) is 23.4 Å². The number of carboxylic acids is 1. The molecule has 134 valence electrons. The second kappa shape index (κ2) is 6.72. The van der Waals surface area contributed by atoms with Crippen molar-refractivity contribution in [3.8, 4) is 0 Å². The Morgan fingerprint density at radius 2 is 2.12 bits per heavy atom. The predicted molar refractivity (Wildman–Crippen MR) is 88.6 cm³/mol. The first-order chi connectivity index (χ1) is 11.0. The Bertz CT molecular complexity index is 640. The molecule has 9 heteroatoms. The fourth-order valence-electron chi connectivity index (χ4n) is 2.68. The molecule has 1 saturated heterocycles. The Hall–Kier alpha value is -1.61. The molecule has 2 rings (SSSR count). The van der Waals surface area contributed by atoms with Crippen LogP contribution in [0, 0.1) is 0 Å². The number of likely N-dealkylation sites (tertiary alicyclic amines) is 1. The van der Waals surface area contributed by atoms with Gasteiger partial charge in [-0.3, -0.25) is 0 Å². The Morgan fingerprint density at radius 3 is 2.62 bits per heavy atom. The number of amides is 1. The summed E-state index contributed by atoms with van der Waals surface area (Å²) in [4.78, 5) is 29.2. The summed E-state index contributed by atoms with van der Waals surface area (Å²) in [6, 6.07) is 0. The van der Waals surface area contributed by atoms with Crippen LogP contribution in [-0.4, -0.2) is 56.9 Å². The van der Waals surface area contributed by atoms with E-state index in [0.717, 1.165) is 0 Å². The van der Waals surface area contributed by atoms with Gasteiger partial charge in [0.25, 0.3) is 0 Å². The molecule has 1 unspecified atom stereocenters. The van der Waals surface area contributed by atoms with Gasteiger partial charge in [0.1, 0.15) is 28.2 Å². The Kier molecular flexibility index (Phi) is 5.24. The highest BCUT2D eigenvalue weighted by Crippen LogP contribution is 2.36. The van der Waals surface area contributed by atoms with E-state index in [4.69, 9.17) is 14.6 Å². The molecule has 1 amide bonds. The second-order valence-electron chi connectivity index (χ2n) is 6.83. The highest BCUT2D eigenvalue weighted by Gasteiger charge is 2.47. The van der Waals surface area contributed by atoms with Crippen LogP contribution in [0.1, 0.15) is 33.0 Å². The van der Waals surface area contributed by atoms with E-state index in [1.807, 2.05) is 0 Å². The zero-order valence-electron chi connectivity index (χ0n) is 14.2. The van der Waals surface area contributed by atoms with Crippen LogP contribution in [0.25, 0.3) is 0 Å². The normalized spacial score (nSPS) is 21.1. The minimum Gasteiger partial charge on any atom is -0.480 e. The van der Waals surface area contributed by atoms with Gasteiger partial charge < -0.3 is 24.0 Å². The number of nitrogens with zero attached hydrogens (tertiary/aromatic N) is 3. The molecule has 1 fully saturated rings. The van der Waals surface area contributed by atoms with Crippen LogP contribution in [0.3, 0.4) is 0 Å². The minimum absolute atomic E-state index is 0.187. The van der Waals surface area contributed by atoms with Crippen LogP contribution in [-0.2, 0) is 26.9 Å². The van der Waals surface area contributed by atoms with Crippen molar-refractivity contribution in [2.24, 2.45) is 7.05 Å². The molecule has 0 radical (unpaired) electrons. The summed E-state index contributed by atoms with van der Waals surface area (Å²) in [7, 11) is 1.80. The van der Waals surface area contributed by atoms with E-state index in [-0.39, 0.29) is 6.54 Å². The lowest BCUT2D eigenvalue weighted by Gasteiger charge is -2.29. The maximum absolute atomic E-state index is 12.3. The molecule has 1 aromatic heterocycles. The number of carbonyl (C=O) groups is 2. The number of carbonyl (C=O) groups excluding carboxylic acids is 1. The van der Waals surface area contributed by atoms with Gasteiger partial charge >= 0.3 is 12.1 Å². The van der Waals surface area contributed by atoms with E-state index >= 15 is 0 Å². The first-order valence-corrected chi connectivity index (χ1v) is 8.35. The fourth-order valence-corrected chi connectivity index (χ4v) is 3.16. The van der Waals surface area contributed by atoms with Crippen molar-refractivity contribution in [3.05, 3.63) is 16.6 Å². The number of hydrogen-bond acceptors (Lipinski definition) is 5. The Morgan fingerprint density at radius 1 is 1.46 bits per heavy atom. The molecule has 0 aromatic carbocycles. The van der Waals surface area contributed by atoms with E-state index in [9.17, 15) is 9.59 Å². The number of aryl methyl sites for hydroxylation is 1. The average Bonchev–Trinajstić information content (AvgIpc) is 2.99. The van der Waals surface area contributed by atoms with Gasteiger partial charge in [-0.05, 0) is 36.7 Å². The fraction of sp³-hybridized carbons (Fsp3) is 0.667. The molecule has 1 aliphatic heterocycles.